The van der Waals surface area contributed by atoms with Crippen LogP contribution < -0.4 is 5.32 Å². The number of rotatable bonds is 4. The Kier molecular flexibility index (Phi) is 4.20. The molecule has 2 nitrogen and oxygen atoms in total. The van der Waals surface area contributed by atoms with Crippen LogP contribution in [0.15, 0.2) is 0 Å². The lowest BCUT2D eigenvalue weighted by Gasteiger charge is -2.40. The zero-order chi connectivity index (χ0) is 9.73. The molecule has 1 fully saturated rings. The maximum absolute atomic E-state index is 5.95. The Morgan fingerprint density at radius 3 is 2.77 bits per heavy atom. The zero-order valence-electron chi connectivity index (χ0n) is 9.23. The van der Waals surface area contributed by atoms with Gasteiger partial charge in [-0.15, -0.1) is 0 Å². The highest BCUT2D eigenvalue weighted by molar-refractivity contribution is 4.88. The molecule has 1 N–H and O–H groups in total. The van der Waals surface area contributed by atoms with Crippen LogP contribution in [0, 0.1) is 0 Å². The van der Waals surface area contributed by atoms with Crippen molar-refractivity contribution in [3.05, 3.63) is 0 Å². The van der Waals surface area contributed by atoms with Gasteiger partial charge in [0, 0.05) is 12.6 Å². The van der Waals surface area contributed by atoms with Crippen molar-refractivity contribution < 1.29 is 4.74 Å². The van der Waals surface area contributed by atoms with Crippen molar-refractivity contribution in [2.75, 3.05) is 13.7 Å². The number of hydrogen-bond donors (Lipinski definition) is 1. The average Bonchev–Trinajstić information content (AvgIpc) is 2.19. The summed E-state index contributed by atoms with van der Waals surface area (Å²) < 4.78 is 5.95. The molecule has 0 amide bonds. The monoisotopic (exact) mass is 185 g/mol. The summed E-state index contributed by atoms with van der Waals surface area (Å²) in [6, 6.07) is 0.667. The van der Waals surface area contributed by atoms with E-state index in [-0.39, 0.29) is 5.60 Å². The van der Waals surface area contributed by atoms with Crippen molar-refractivity contribution in [2.24, 2.45) is 0 Å². The SMILES string of the molecule is CCCC1(CC)CC(NC)CCO1. The Labute approximate surface area is 82.0 Å². The minimum Gasteiger partial charge on any atom is -0.375 e. The van der Waals surface area contributed by atoms with E-state index in [1.807, 2.05) is 0 Å². The smallest absolute Gasteiger partial charge is 0.0694 e. The van der Waals surface area contributed by atoms with Crippen LogP contribution >= 0.6 is 0 Å². The van der Waals surface area contributed by atoms with Gasteiger partial charge < -0.3 is 10.1 Å². The van der Waals surface area contributed by atoms with Gasteiger partial charge in [0.25, 0.3) is 0 Å². The molecule has 1 rings (SSSR count). The van der Waals surface area contributed by atoms with Crippen molar-refractivity contribution in [3.63, 3.8) is 0 Å². The third kappa shape index (κ3) is 2.68. The normalized spacial score (nSPS) is 34.8. The van der Waals surface area contributed by atoms with Gasteiger partial charge in [-0.2, -0.15) is 0 Å². The second kappa shape index (κ2) is 4.97. The third-order valence-corrected chi connectivity index (χ3v) is 3.25. The molecule has 0 saturated carbocycles. The summed E-state index contributed by atoms with van der Waals surface area (Å²) >= 11 is 0. The second-order valence-electron chi connectivity index (χ2n) is 4.11. The summed E-state index contributed by atoms with van der Waals surface area (Å²) in [4.78, 5) is 0. The fraction of sp³-hybridized carbons (Fsp3) is 1.00. The number of ether oxygens (including phenoxy) is 1. The molecule has 2 unspecified atom stereocenters. The fourth-order valence-corrected chi connectivity index (χ4v) is 2.33. The molecule has 0 aromatic rings. The molecular formula is C11H23NO. The summed E-state index contributed by atoms with van der Waals surface area (Å²) in [6.45, 7) is 5.41. The van der Waals surface area contributed by atoms with Crippen molar-refractivity contribution in [3.8, 4) is 0 Å². The third-order valence-electron chi connectivity index (χ3n) is 3.25. The molecule has 0 aliphatic carbocycles. The van der Waals surface area contributed by atoms with Gasteiger partial charge in [-0.25, -0.2) is 0 Å². The standard InChI is InChI=1S/C11H23NO/c1-4-7-11(5-2)9-10(12-3)6-8-13-11/h10,12H,4-9H2,1-3H3. The van der Waals surface area contributed by atoms with Crippen LogP contribution in [0.25, 0.3) is 0 Å². The van der Waals surface area contributed by atoms with E-state index in [1.165, 1.54) is 25.7 Å². The molecule has 1 aliphatic rings. The van der Waals surface area contributed by atoms with E-state index < -0.39 is 0 Å². The molecule has 0 aromatic heterocycles. The summed E-state index contributed by atoms with van der Waals surface area (Å²) in [6.07, 6.45) is 5.95. The maximum atomic E-state index is 5.95. The van der Waals surface area contributed by atoms with Crippen molar-refractivity contribution >= 4 is 0 Å². The largest absolute Gasteiger partial charge is 0.375 e. The van der Waals surface area contributed by atoms with Gasteiger partial charge >= 0.3 is 0 Å². The fourth-order valence-electron chi connectivity index (χ4n) is 2.33. The minimum atomic E-state index is 0.181. The lowest BCUT2D eigenvalue weighted by Crippen LogP contribution is -2.45. The summed E-state index contributed by atoms with van der Waals surface area (Å²) in [5, 5.41) is 3.37. The van der Waals surface area contributed by atoms with Gasteiger partial charge in [-0.1, -0.05) is 20.3 Å². The first-order valence-corrected chi connectivity index (χ1v) is 5.57. The predicted octanol–water partition coefficient (Wildman–Crippen LogP) is 2.33. The molecule has 78 valence electrons. The zero-order valence-corrected chi connectivity index (χ0v) is 9.23. The van der Waals surface area contributed by atoms with Crippen molar-refractivity contribution in [1.29, 1.82) is 0 Å². The van der Waals surface area contributed by atoms with Crippen LogP contribution in [0.2, 0.25) is 0 Å². The topological polar surface area (TPSA) is 21.3 Å². The van der Waals surface area contributed by atoms with Gasteiger partial charge in [0.15, 0.2) is 0 Å². The summed E-state index contributed by atoms with van der Waals surface area (Å²) in [5.41, 5.74) is 0.181. The molecular weight excluding hydrogens is 162 g/mol. The van der Waals surface area contributed by atoms with Crippen LogP contribution in [0.5, 0.6) is 0 Å². The van der Waals surface area contributed by atoms with Gasteiger partial charge in [0.1, 0.15) is 0 Å². The second-order valence-corrected chi connectivity index (χ2v) is 4.11. The van der Waals surface area contributed by atoms with E-state index in [2.05, 4.69) is 26.2 Å². The quantitative estimate of drug-likeness (QED) is 0.726. The molecule has 0 radical (unpaired) electrons. The number of hydrogen-bond acceptors (Lipinski definition) is 2. The first-order valence-electron chi connectivity index (χ1n) is 5.57. The Balaban J connectivity index is 2.53. The van der Waals surface area contributed by atoms with E-state index in [1.54, 1.807) is 0 Å². The highest BCUT2D eigenvalue weighted by atomic mass is 16.5. The Hall–Kier alpha value is -0.0800. The van der Waals surface area contributed by atoms with Crippen molar-refractivity contribution in [1.82, 2.24) is 5.32 Å². The van der Waals surface area contributed by atoms with E-state index >= 15 is 0 Å². The minimum absolute atomic E-state index is 0.181. The first kappa shape index (κ1) is 11.0. The molecule has 1 heterocycles. The van der Waals surface area contributed by atoms with Gasteiger partial charge in [0.2, 0.25) is 0 Å². The van der Waals surface area contributed by atoms with E-state index in [4.69, 9.17) is 4.74 Å². The Bertz CT molecular complexity index is 145. The van der Waals surface area contributed by atoms with Crippen LogP contribution in [0.4, 0.5) is 0 Å². The van der Waals surface area contributed by atoms with Crippen molar-refractivity contribution in [2.45, 2.75) is 57.6 Å². The maximum Gasteiger partial charge on any atom is 0.0694 e. The Morgan fingerprint density at radius 1 is 1.46 bits per heavy atom. The van der Waals surface area contributed by atoms with Gasteiger partial charge in [-0.3, -0.25) is 0 Å². The molecule has 0 spiro atoms. The molecule has 0 aromatic carbocycles. The highest BCUT2D eigenvalue weighted by Crippen LogP contribution is 2.32. The van der Waals surface area contributed by atoms with Crippen LogP contribution in [-0.4, -0.2) is 25.3 Å². The Morgan fingerprint density at radius 2 is 2.23 bits per heavy atom. The lowest BCUT2D eigenvalue weighted by atomic mass is 9.84. The van der Waals surface area contributed by atoms with Gasteiger partial charge in [-0.05, 0) is 32.7 Å². The van der Waals surface area contributed by atoms with E-state index in [0.717, 1.165) is 13.0 Å². The molecule has 2 atom stereocenters. The van der Waals surface area contributed by atoms with E-state index in [9.17, 15) is 0 Å². The van der Waals surface area contributed by atoms with Gasteiger partial charge in [0.05, 0.1) is 5.60 Å². The van der Waals surface area contributed by atoms with Crippen LogP contribution in [0.1, 0.15) is 46.0 Å². The summed E-state index contributed by atoms with van der Waals surface area (Å²) in [5.74, 6) is 0. The van der Waals surface area contributed by atoms with E-state index in [0.29, 0.717) is 6.04 Å². The van der Waals surface area contributed by atoms with Crippen LogP contribution in [-0.2, 0) is 4.74 Å². The molecule has 1 saturated heterocycles. The number of nitrogens with one attached hydrogen (secondary N) is 1. The molecule has 0 bridgehead atoms. The highest BCUT2D eigenvalue weighted by Gasteiger charge is 2.34. The predicted molar refractivity (Wildman–Crippen MR) is 56.0 cm³/mol. The van der Waals surface area contributed by atoms with Crippen LogP contribution in [0.3, 0.4) is 0 Å². The molecule has 2 heteroatoms. The molecule has 1 aliphatic heterocycles. The first-order chi connectivity index (χ1) is 6.26. The lowest BCUT2D eigenvalue weighted by molar-refractivity contribution is -0.0953. The molecule has 13 heavy (non-hydrogen) atoms. The summed E-state index contributed by atoms with van der Waals surface area (Å²) in [7, 11) is 2.06. The average molecular weight is 185 g/mol.